The molecule has 1 fully saturated rings. The van der Waals surface area contributed by atoms with Gasteiger partial charge < -0.3 is 10.1 Å². The Balaban J connectivity index is 1.52. The van der Waals surface area contributed by atoms with E-state index >= 15 is 0 Å². The zero-order chi connectivity index (χ0) is 13.6. The molecule has 0 unspecified atom stereocenters. The molecule has 5 nitrogen and oxygen atoms in total. The van der Waals surface area contributed by atoms with Crippen LogP contribution in [0.5, 0.6) is 0 Å². The number of morpholine rings is 1. The van der Waals surface area contributed by atoms with Crippen LogP contribution in [-0.4, -0.2) is 54.5 Å². The lowest BCUT2D eigenvalue weighted by Crippen LogP contribution is -2.37. The Bertz CT molecular complexity index is 549. The molecule has 0 bridgehead atoms. The van der Waals surface area contributed by atoms with E-state index in [4.69, 9.17) is 4.74 Å². The van der Waals surface area contributed by atoms with Crippen molar-refractivity contribution in [2.24, 2.45) is 0 Å². The smallest absolute Gasteiger partial charge is 0.156 e. The van der Waals surface area contributed by atoms with Crippen LogP contribution in [0.1, 0.15) is 6.42 Å². The minimum absolute atomic E-state index is 0.863. The first kappa shape index (κ1) is 13.3. The van der Waals surface area contributed by atoms with Crippen molar-refractivity contribution in [3.8, 4) is 0 Å². The molecule has 1 N–H and O–H groups in total. The maximum atomic E-state index is 5.35. The number of fused-ring (bicyclic) bond motifs is 1. The van der Waals surface area contributed by atoms with Crippen LogP contribution in [0.3, 0.4) is 0 Å². The summed E-state index contributed by atoms with van der Waals surface area (Å²) in [5.74, 6) is 0.880. The monoisotopic (exact) mass is 272 g/mol. The molecule has 0 atom stereocenters. The van der Waals surface area contributed by atoms with E-state index in [1.165, 1.54) is 0 Å². The predicted molar refractivity (Wildman–Crippen MR) is 79.9 cm³/mol. The van der Waals surface area contributed by atoms with E-state index in [0.717, 1.165) is 62.4 Å². The first-order valence-corrected chi connectivity index (χ1v) is 7.18. The van der Waals surface area contributed by atoms with Gasteiger partial charge in [-0.3, -0.25) is 4.90 Å². The number of nitrogens with one attached hydrogen (secondary N) is 1. The maximum Gasteiger partial charge on any atom is 0.156 e. The first-order chi connectivity index (χ1) is 9.93. The molecule has 1 aromatic heterocycles. The molecule has 20 heavy (non-hydrogen) atoms. The van der Waals surface area contributed by atoms with Crippen molar-refractivity contribution in [2.45, 2.75) is 6.42 Å². The van der Waals surface area contributed by atoms with Gasteiger partial charge in [-0.15, -0.1) is 5.10 Å². The van der Waals surface area contributed by atoms with Crippen LogP contribution in [0.2, 0.25) is 0 Å². The second-order valence-corrected chi connectivity index (χ2v) is 5.01. The van der Waals surface area contributed by atoms with Crippen molar-refractivity contribution in [3.05, 3.63) is 30.5 Å². The van der Waals surface area contributed by atoms with Crippen LogP contribution in [0.25, 0.3) is 10.8 Å². The SMILES string of the molecule is c1ccc2c(NCCCN3CCOCC3)nncc2c1. The summed E-state index contributed by atoms with van der Waals surface area (Å²) in [6.07, 6.45) is 2.90. The molecule has 3 rings (SSSR count). The summed E-state index contributed by atoms with van der Waals surface area (Å²) in [6.45, 7) is 5.85. The van der Waals surface area contributed by atoms with Gasteiger partial charge in [0.25, 0.3) is 0 Å². The van der Waals surface area contributed by atoms with Crippen LogP contribution < -0.4 is 5.32 Å². The fraction of sp³-hybridized carbons (Fsp3) is 0.467. The summed E-state index contributed by atoms with van der Waals surface area (Å²) >= 11 is 0. The van der Waals surface area contributed by atoms with Crippen LogP contribution in [-0.2, 0) is 4.74 Å². The number of ether oxygens (including phenoxy) is 1. The van der Waals surface area contributed by atoms with Crippen molar-refractivity contribution < 1.29 is 4.74 Å². The largest absolute Gasteiger partial charge is 0.379 e. The fourth-order valence-corrected chi connectivity index (χ4v) is 2.49. The molecule has 2 heterocycles. The molecule has 5 heteroatoms. The van der Waals surface area contributed by atoms with E-state index in [0.29, 0.717) is 0 Å². The van der Waals surface area contributed by atoms with Gasteiger partial charge in [-0.05, 0) is 13.0 Å². The van der Waals surface area contributed by atoms with Crippen LogP contribution in [0.4, 0.5) is 5.82 Å². The Labute approximate surface area is 118 Å². The van der Waals surface area contributed by atoms with Crippen molar-refractivity contribution in [3.63, 3.8) is 0 Å². The second kappa shape index (κ2) is 6.63. The van der Waals surface area contributed by atoms with E-state index in [9.17, 15) is 0 Å². The summed E-state index contributed by atoms with van der Waals surface area (Å²) < 4.78 is 5.35. The molecule has 1 saturated heterocycles. The number of benzene rings is 1. The third kappa shape index (κ3) is 3.23. The second-order valence-electron chi connectivity index (χ2n) is 5.01. The molecule has 2 aromatic rings. The lowest BCUT2D eigenvalue weighted by atomic mass is 10.2. The van der Waals surface area contributed by atoms with Crippen LogP contribution >= 0.6 is 0 Å². The molecule has 106 valence electrons. The standard InChI is InChI=1S/C15H20N4O/c1-2-5-14-13(4-1)12-17-18-15(14)16-6-3-7-19-8-10-20-11-9-19/h1-2,4-5,12H,3,6-11H2,(H,16,18). The van der Waals surface area contributed by atoms with Gasteiger partial charge in [-0.2, -0.15) is 5.10 Å². The summed E-state index contributed by atoms with van der Waals surface area (Å²) in [5, 5.41) is 13.9. The third-order valence-corrected chi connectivity index (χ3v) is 3.62. The van der Waals surface area contributed by atoms with E-state index < -0.39 is 0 Å². The highest BCUT2D eigenvalue weighted by Crippen LogP contribution is 2.18. The molecule has 0 radical (unpaired) electrons. The van der Waals surface area contributed by atoms with Gasteiger partial charge in [0.1, 0.15) is 0 Å². The van der Waals surface area contributed by atoms with E-state index in [1.807, 2.05) is 12.1 Å². The van der Waals surface area contributed by atoms with Crippen LogP contribution in [0.15, 0.2) is 30.5 Å². The molecule has 0 spiro atoms. The summed E-state index contributed by atoms with van der Waals surface area (Å²) in [4.78, 5) is 2.44. The quantitative estimate of drug-likeness (QED) is 0.841. The van der Waals surface area contributed by atoms with Gasteiger partial charge >= 0.3 is 0 Å². The van der Waals surface area contributed by atoms with E-state index in [-0.39, 0.29) is 0 Å². The zero-order valence-corrected chi connectivity index (χ0v) is 11.6. The number of anilines is 1. The summed E-state index contributed by atoms with van der Waals surface area (Å²) in [5.41, 5.74) is 0. The highest BCUT2D eigenvalue weighted by atomic mass is 16.5. The third-order valence-electron chi connectivity index (χ3n) is 3.62. The molecule has 0 amide bonds. The molecule has 0 saturated carbocycles. The fourth-order valence-electron chi connectivity index (χ4n) is 2.49. The van der Waals surface area contributed by atoms with E-state index in [1.54, 1.807) is 6.20 Å². The Morgan fingerprint density at radius 3 is 2.95 bits per heavy atom. The van der Waals surface area contributed by atoms with Crippen molar-refractivity contribution in [2.75, 3.05) is 44.7 Å². The molecule has 0 aliphatic carbocycles. The van der Waals surface area contributed by atoms with Crippen molar-refractivity contribution >= 4 is 16.6 Å². The Morgan fingerprint density at radius 1 is 1.20 bits per heavy atom. The average molecular weight is 272 g/mol. The topological polar surface area (TPSA) is 50.3 Å². The number of rotatable bonds is 5. The Hall–Kier alpha value is -1.72. The first-order valence-electron chi connectivity index (χ1n) is 7.18. The van der Waals surface area contributed by atoms with E-state index in [2.05, 4.69) is 32.5 Å². The summed E-state index contributed by atoms with van der Waals surface area (Å²) in [6, 6.07) is 8.19. The molecule has 1 aliphatic heterocycles. The van der Waals surface area contributed by atoms with Crippen LogP contribution in [0, 0.1) is 0 Å². The molecular weight excluding hydrogens is 252 g/mol. The van der Waals surface area contributed by atoms with Gasteiger partial charge in [-0.25, -0.2) is 0 Å². The average Bonchev–Trinajstić information content (AvgIpc) is 2.53. The van der Waals surface area contributed by atoms with Crippen molar-refractivity contribution in [1.29, 1.82) is 0 Å². The summed E-state index contributed by atoms with van der Waals surface area (Å²) in [7, 11) is 0. The Morgan fingerprint density at radius 2 is 2.05 bits per heavy atom. The zero-order valence-electron chi connectivity index (χ0n) is 11.6. The lowest BCUT2D eigenvalue weighted by molar-refractivity contribution is 0.0378. The van der Waals surface area contributed by atoms with Gasteiger partial charge in [0, 0.05) is 30.4 Å². The number of nitrogens with zero attached hydrogens (tertiary/aromatic N) is 3. The van der Waals surface area contributed by atoms with Gasteiger partial charge in [0.05, 0.1) is 19.4 Å². The van der Waals surface area contributed by atoms with Crippen molar-refractivity contribution in [1.82, 2.24) is 15.1 Å². The molecular formula is C15H20N4O. The van der Waals surface area contributed by atoms with Gasteiger partial charge in [-0.1, -0.05) is 24.3 Å². The Kier molecular flexibility index (Phi) is 4.40. The molecule has 1 aliphatic rings. The minimum atomic E-state index is 0.863. The number of hydrogen-bond acceptors (Lipinski definition) is 5. The highest BCUT2D eigenvalue weighted by molar-refractivity contribution is 5.90. The maximum absolute atomic E-state index is 5.35. The van der Waals surface area contributed by atoms with Gasteiger partial charge in [0.2, 0.25) is 0 Å². The number of aromatic nitrogens is 2. The number of hydrogen-bond donors (Lipinski definition) is 1. The van der Waals surface area contributed by atoms with Gasteiger partial charge in [0.15, 0.2) is 5.82 Å². The lowest BCUT2D eigenvalue weighted by Gasteiger charge is -2.26. The highest BCUT2D eigenvalue weighted by Gasteiger charge is 2.09. The predicted octanol–water partition coefficient (Wildman–Crippen LogP) is 1.76. The minimum Gasteiger partial charge on any atom is -0.379 e. The normalized spacial score (nSPS) is 16.4. The molecule has 1 aromatic carbocycles.